The number of hydrogen-bond donors (Lipinski definition) is 0. The first-order chi connectivity index (χ1) is 12.1. The van der Waals surface area contributed by atoms with E-state index in [-0.39, 0.29) is 6.42 Å². The number of esters is 1. The molecular formula is C19H16F2N2O2. The summed E-state index contributed by atoms with van der Waals surface area (Å²) in [5.74, 6) is -0.957. The van der Waals surface area contributed by atoms with Crippen LogP contribution in [0.3, 0.4) is 0 Å². The highest BCUT2D eigenvalue weighted by molar-refractivity contribution is 5.89. The molecule has 0 fully saturated rings. The Hall–Kier alpha value is -3.02. The molecule has 0 spiro atoms. The predicted octanol–water partition coefficient (Wildman–Crippen LogP) is 3.59. The van der Waals surface area contributed by atoms with Gasteiger partial charge in [0.25, 0.3) is 0 Å². The summed E-state index contributed by atoms with van der Waals surface area (Å²) in [6, 6.07) is 10.6. The van der Waals surface area contributed by atoms with Crippen LogP contribution >= 0.6 is 0 Å². The number of aromatic nitrogens is 2. The number of methoxy groups -OCH3 is 1. The van der Waals surface area contributed by atoms with Gasteiger partial charge in [-0.3, -0.25) is 0 Å². The van der Waals surface area contributed by atoms with E-state index in [0.29, 0.717) is 23.5 Å². The summed E-state index contributed by atoms with van der Waals surface area (Å²) >= 11 is 0. The first kappa shape index (κ1) is 16.8. The molecule has 0 aliphatic rings. The van der Waals surface area contributed by atoms with Crippen LogP contribution in [0.5, 0.6) is 0 Å². The maximum Gasteiger partial charge on any atom is 0.337 e. The van der Waals surface area contributed by atoms with Crippen LogP contribution in [0, 0.1) is 11.6 Å². The Balaban J connectivity index is 1.81. The Morgan fingerprint density at radius 2 is 2.04 bits per heavy atom. The normalized spacial score (nSPS) is 10.7. The molecule has 0 N–H and O–H groups in total. The Labute approximate surface area is 143 Å². The first-order valence-corrected chi connectivity index (χ1v) is 7.68. The minimum absolute atomic E-state index is 0.246. The summed E-state index contributed by atoms with van der Waals surface area (Å²) in [5.41, 5.74) is 1.73. The molecule has 0 bridgehead atoms. The minimum atomic E-state index is -0.607. The molecule has 0 amide bonds. The molecule has 6 heteroatoms. The van der Waals surface area contributed by atoms with E-state index in [4.69, 9.17) is 4.74 Å². The third-order valence-corrected chi connectivity index (χ3v) is 3.87. The molecule has 25 heavy (non-hydrogen) atoms. The standard InChI is InChI=1S/C19H16F2N2O2/c1-25-19(24)15-4-2-3-13(9-15)12-23-8-7-22-18(23)10-14-5-6-16(20)11-17(14)21/h2-9,11H,10,12H2,1H3. The molecule has 128 valence electrons. The average Bonchev–Trinajstić information content (AvgIpc) is 3.03. The zero-order chi connectivity index (χ0) is 17.8. The minimum Gasteiger partial charge on any atom is -0.465 e. The van der Waals surface area contributed by atoms with Crippen molar-refractivity contribution >= 4 is 5.97 Å². The molecule has 2 aromatic carbocycles. The molecular weight excluding hydrogens is 326 g/mol. The van der Waals surface area contributed by atoms with E-state index in [1.165, 1.54) is 19.2 Å². The number of hydrogen-bond acceptors (Lipinski definition) is 3. The number of benzene rings is 2. The summed E-state index contributed by atoms with van der Waals surface area (Å²) in [5, 5.41) is 0. The summed E-state index contributed by atoms with van der Waals surface area (Å²) in [7, 11) is 1.33. The lowest BCUT2D eigenvalue weighted by Crippen LogP contribution is -2.07. The van der Waals surface area contributed by atoms with Crippen molar-refractivity contribution in [3.8, 4) is 0 Å². The first-order valence-electron chi connectivity index (χ1n) is 7.68. The topological polar surface area (TPSA) is 44.1 Å². The van der Waals surface area contributed by atoms with Crippen molar-refractivity contribution in [1.29, 1.82) is 0 Å². The molecule has 0 saturated carbocycles. The second-order valence-corrected chi connectivity index (χ2v) is 5.58. The monoisotopic (exact) mass is 342 g/mol. The fourth-order valence-electron chi connectivity index (χ4n) is 2.60. The van der Waals surface area contributed by atoms with Crippen molar-refractivity contribution in [2.75, 3.05) is 7.11 Å². The predicted molar refractivity (Wildman–Crippen MR) is 88.3 cm³/mol. The van der Waals surface area contributed by atoms with Gasteiger partial charge in [-0.2, -0.15) is 0 Å². The number of nitrogens with zero attached hydrogens (tertiary/aromatic N) is 2. The Kier molecular flexibility index (Phi) is 4.88. The summed E-state index contributed by atoms with van der Waals surface area (Å²) < 4.78 is 33.5. The molecule has 3 aromatic rings. The maximum absolute atomic E-state index is 13.9. The number of ether oxygens (including phenoxy) is 1. The Bertz CT molecular complexity index is 906. The lowest BCUT2D eigenvalue weighted by Gasteiger charge is -2.10. The maximum atomic E-state index is 13.9. The van der Waals surface area contributed by atoms with Gasteiger partial charge in [-0.05, 0) is 29.3 Å². The number of carbonyl (C=O) groups excluding carboxylic acids is 1. The Morgan fingerprint density at radius 1 is 1.20 bits per heavy atom. The second kappa shape index (κ2) is 7.25. The van der Waals surface area contributed by atoms with Gasteiger partial charge in [0.05, 0.1) is 12.7 Å². The van der Waals surface area contributed by atoms with Crippen LogP contribution in [0.25, 0.3) is 0 Å². The zero-order valence-electron chi connectivity index (χ0n) is 13.6. The fraction of sp³-hybridized carbons (Fsp3) is 0.158. The average molecular weight is 342 g/mol. The highest BCUT2D eigenvalue weighted by Crippen LogP contribution is 2.15. The molecule has 3 rings (SSSR count). The Morgan fingerprint density at radius 3 is 2.80 bits per heavy atom. The van der Waals surface area contributed by atoms with Crippen LogP contribution < -0.4 is 0 Å². The van der Waals surface area contributed by atoms with Crippen LogP contribution in [0.15, 0.2) is 54.9 Å². The van der Waals surface area contributed by atoms with Crippen molar-refractivity contribution in [2.24, 2.45) is 0 Å². The van der Waals surface area contributed by atoms with E-state index in [1.54, 1.807) is 30.6 Å². The lowest BCUT2D eigenvalue weighted by atomic mass is 10.1. The van der Waals surface area contributed by atoms with E-state index in [0.717, 1.165) is 11.6 Å². The van der Waals surface area contributed by atoms with E-state index in [1.807, 2.05) is 10.6 Å². The molecule has 1 aromatic heterocycles. The highest BCUT2D eigenvalue weighted by atomic mass is 19.1. The van der Waals surface area contributed by atoms with Crippen LogP contribution in [0.1, 0.15) is 27.3 Å². The van der Waals surface area contributed by atoms with Crippen molar-refractivity contribution < 1.29 is 18.3 Å². The molecule has 0 radical (unpaired) electrons. The van der Waals surface area contributed by atoms with Crippen molar-refractivity contribution in [2.45, 2.75) is 13.0 Å². The van der Waals surface area contributed by atoms with E-state index in [2.05, 4.69) is 4.98 Å². The smallest absolute Gasteiger partial charge is 0.337 e. The van der Waals surface area contributed by atoms with Gasteiger partial charge in [0, 0.05) is 31.4 Å². The largest absolute Gasteiger partial charge is 0.465 e. The number of rotatable bonds is 5. The van der Waals surface area contributed by atoms with Gasteiger partial charge in [-0.15, -0.1) is 0 Å². The van der Waals surface area contributed by atoms with E-state index in [9.17, 15) is 13.6 Å². The molecule has 0 atom stereocenters. The summed E-state index contributed by atoms with van der Waals surface area (Å²) in [6.45, 7) is 0.475. The highest BCUT2D eigenvalue weighted by Gasteiger charge is 2.11. The lowest BCUT2D eigenvalue weighted by molar-refractivity contribution is 0.0600. The quantitative estimate of drug-likeness (QED) is 0.666. The van der Waals surface area contributed by atoms with Gasteiger partial charge >= 0.3 is 5.97 Å². The molecule has 0 aliphatic carbocycles. The van der Waals surface area contributed by atoms with E-state index >= 15 is 0 Å². The van der Waals surface area contributed by atoms with Crippen LogP contribution in [0.2, 0.25) is 0 Å². The molecule has 0 saturated heterocycles. The van der Waals surface area contributed by atoms with Gasteiger partial charge in [-0.25, -0.2) is 18.6 Å². The van der Waals surface area contributed by atoms with E-state index < -0.39 is 17.6 Å². The fourth-order valence-corrected chi connectivity index (χ4v) is 2.60. The molecule has 1 heterocycles. The van der Waals surface area contributed by atoms with Crippen molar-refractivity contribution in [3.63, 3.8) is 0 Å². The van der Waals surface area contributed by atoms with Crippen LogP contribution in [-0.4, -0.2) is 22.6 Å². The second-order valence-electron chi connectivity index (χ2n) is 5.58. The van der Waals surface area contributed by atoms with Crippen LogP contribution in [-0.2, 0) is 17.7 Å². The summed E-state index contributed by atoms with van der Waals surface area (Å²) in [4.78, 5) is 15.9. The van der Waals surface area contributed by atoms with Crippen molar-refractivity contribution in [3.05, 3.63) is 89.0 Å². The molecule has 0 aliphatic heterocycles. The number of imidazole rings is 1. The summed E-state index contributed by atoms with van der Waals surface area (Å²) in [6.07, 6.45) is 3.65. The van der Waals surface area contributed by atoms with Crippen LogP contribution in [0.4, 0.5) is 8.78 Å². The van der Waals surface area contributed by atoms with Gasteiger partial charge in [0.1, 0.15) is 17.5 Å². The number of carbonyl (C=O) groups is 1. The third-order valence-electron chi connectivity index (χ3n) is 3.87. The molecule has 4 nitrogen and oxygen atoms in total. The number of halogens is 2. The van der Waals surface area contributed by atoms with Gasteiger partial charge < -0.3 is 9.30 Å². The zero-order valence-corrected chi connectivity index (χ0v) is 13.6. The van der Waals surface area contributed by atoms with Gasteiger partial charge in [0.15, 0.2) is 0 Å². The SMILES string of the molecule is COC(=O)c1cccc(Cn2ccnc2Cc2ccc(F)cc2F)c1. The van der Waals surface area contributed by atoms with Crippen molar-refractivity contribution in [1.82, 2.24) is 9.55 Å². The van der Waals surface area contributed by atoms with Gasteiger partial charge in [0.2, 0.25) is 0 Å². The third kappa shape index (κ3) is 3.91. The van der Waals surface area contributed by atoms with Gasteiger partial charge in [-0.1, -0.05) is 18.2 Å². The molecule has 0 unspecified atom stereocenters.